The molecule has 4 nitrogen and oxygen atoms in total. The van der Waals surface area contributed by atoms with Gasteiger partial charge in [-0.05, 0) is 53.6 Å². The van der Waals surface area contributed by atoms with Crippen LogP contribution in [0, 0.1) is 0 Å². The molecule has 0 atom stereocenters. The van der Waals surface area contributed by atoms with E-state index in [0.717, 1.165) is 27.9 Å². The number of nitrogens with two attached hydrogens (primary N) is 1. The highest BCUT2D eigenvalue weighted by molar-refractivity contribution is 5.84. The van der Waals surface area contributed by atoms with Gasteiger partial charge in [-0.3, -0.25) is 4.99 Å². The van der Waals surface area contributed by atoms with Crippen molar-refractivity contribution >= 4 is 23.7 Å². The molecule has 0 fully saturated rings. The van der Waals surface area contributed by atoms with E-state index in [2.05, 4.69) is 4.99 Å². The fourth-order valence-electron chi connectivity index (χ4n) is 3.29. The van der Waals surface area contributed by atoms with Crippen molar-refractivity contribution in [2.24, 2.45) is 4.99 Å². The molecule has 0 aromatic heterocycles. The van der Waals surface area contributed by atoms with E-state index in [1.807, 2.05) is 109 Å². The quantitative estimate of drug-likeness (QED) is 0.204. The third-order valence-corrected chi connectivity index (χ3v) is 4.89. The van der Waals surface area contributed by atoms with Crippen LogP contribution in [0.5, 0.6) is 11.5 Å². The van der Waals surface area contributed by atoms with E-state index in [4.69, 9.17) is 15.2 Å². The van der Waals surface area contributed by atoms with E-state index in [0.29, 0.717) is 17.2 Å². The standard InChI is InChI=1S/C28H24N2O2/c1-31-27-14-12-23(29)18-25(27)26-19-24(30-20-22-10-6-3-7-11-22)13-15-28(26)32-17-16-21-8-4-2-5-9-21/h2-20H,29H2,1H3. The molecule has 0 aliphatic carbocycles. The summed E-state index contributed by atoms with van der Waals surface area (Å²) in [6.45, 7) is 0. The van der Waals surface area contributed by atoms with Gasteiger partial charge < -0.3 is 15.2 Å². The summed E-state index contributed by atoms with van der Waals surface area (Å²) in [5, 5.41) is 0. The number of aliphatic imine (C=N–C) groups is 1. The van der Waals surface area contributed by atoms with Crippen LogP contribution in [0.25, 0.3) is 17.2 Å². The van der Waals surface area contributed by atoms with Crippen LogP contribution >= 0.6 is 0 Å². The van der Waals surface area contributed by atoms with Gasteiger partial charge in [0.2, 0.25) is 0 Å². The Morgan fingerprint density at radius 3 is 2.09 bits per heavy atom. The molecular weight excluding hydrogens is 396 g/mol. The van der Waals surface area contributed by atoms with Gasteiger partial charge >= 0.3 is 0 Å². The molecule has 158 valence electrons. The van der Waals surface area contributed by atoms with Gasteiger partial charge in [0.05, 0.1) is 19.1 Å². The lowest BCUT2D eigenvalue weighted by atomic mass is 10.0. The van der Waals surface area contributed by atoms with Crippen molar-refractivity contribution in [1.82, 2.24) is 0 Å². The number of nitrogen functional groups attached to an aromatic ring is 1. The summed E-state index contributed by atoms with van der Waals surface area (Å²) in [7, 11) is 1.64. The topological polar surface area (TPSA) is 56.8 Å². The van der Waals surface area contributed by atoms with Gasteiger partial charge in [-0.2, -0.15) is 0 Å². The summed E-state index contributed by atoms with van der Waals surface area (Å²) in [4.78, 5) is 4.64. The second kappa shape index (κ2) is 10.1. The zero-order chi connectivity index (χ0) is 22.2. The number of nitrogens with zero attached hydrogens (tertiary/aromatic N) is 1. The first-order chi connectivity index (χ1) is 15.7. The Labute approximate surface area is 188 Å². The molecule has 0 bridgehead atoms. The van der Waals surface area contributed by atoms with Gasteiger partial charge in [0.1, 0.15) is 11.5 Å². The minimum atomic E-state index is 0.643. The zero-order valence-corrected chi connectivity index (χ0v) is 17.8. The van der Waals surface area contributed by atoms with E-state index in [-0.39, 0.29) is 0 Å². The first-order valence-electron chi connectivity index (χ1n) is 10.3. The van der Waals surface area contributed by atoms with Crippen molar-refractivity contribution in [1.29, 1.82) is 0 Å². The van der Waals surface area contributed by atoms with Gasteiger partial charge in [0.25, 0.3) is 0 Å². The van der Waals surface area contributed by atoms with Crippen molar-refractivity contribution in [3.63, 3.8) is 0 Å². The summed E-state index contributed by atoms with van der Waals surface area (Å²) in [5.74, 6) is 1.39. The largest absolute Gasteiger partial charge is 0.496 e. The molecule has 4 heteroatoms. The number of hydrogen-bond acceptors (Lipinski definition) is 4. The van der Waals surface area contributed by atoms with Crippen molar-refractivity contribution in [2.45, 2.75) is 0 Å². The average Bonchev–Trinajstić information content (AvgIpc) is 2.84. The third-order valence-electron chi connectivity index (χ3n) is 4.89. The van der Waals surface area contributed by atoms with Crippen molar-refractivity contribution in [3.8, 4) is 22.6 Å². The first kappa shape index (κ1) is 20.9. The van der Waals surface area contributed by atoms with Crippen molar-refractivity contribution in [3.05, 3.63) is 114 Å². The average molecular weight is 421 g/mol. The van der Waals surface area contributed by atoms with Crippen LogP contribution in [0.15, 0.2) is 108 Å². The molecule has 0 spiro atoms. The summed E-state index contributed by atoms with van der Waals surface area (Å²) >= 11 is 0. The van der Waals surface area contributed by atoms with Gasteiger partial charge in [-0.25, -0.2) is 0 Å². The number of ether oxygens (including phenoxy) is 2. The lowest BCUT2D eigenvalue weighted by Crippen LogP contribution is -1.94. The van der Waals surface area contributed by atoms with E-state index < -0.39 is 0 Å². The molecule has 4 aromatic rings. The SMILES string of the molecule is COc1ccc(N)cc1-c1cc(N=Cc2ccccc2)ccc1OC=Cc1ccccc1. The lowest BCUT2D eigenvalue weighted by Gasteiger charge is -2.14. The highest BCUT2D eigenvalue weighted by Gasteiger charge is 2.13. The van der Waals surface area contributed by atoms with Gasteiger partial charge in [0.15, 0.2) is 0 Å². The number of methoxy groups -OCH3 is 1. The fraction of sp³-hybridized carbons (Fsp3) is 0.0357. The first-order valence-corrected chi connectivity index (χ1v) is 10.3. The highest BCUT2D eigenvalue weighted by atomic mass is 16.5. The predicted molar refractivity (Wildman–Crippen MR) is 133 cm³/mol. The maximum atomic E-state index is 6.08. The van der Waals surface area contributed by atoms with E-state index >= 15 is 0 Å². The monoisotopic (exact) mass is 420 g/mol. The number of anilines is 1. The van der Waals surface area contributed by atoms with Crippen LogP contribution in [0.4, 0.5) is 11.4 Å². The molecular formula is C28H24N2O2. The molecule has 0 unspecified atom stereocenters. The van der Waals surface area contributed by atoms with Crippen molar-refractivity contribution < 1.29 is 9.47 Å². The van der Waals surface area contributed by atoms with Crippen LogP contribution in [0.1, 0.15) is 11.1 Å². The Hall–Kier alpha value is -4.31. The smallest absolute Gasteiger partial charge is 0.134 e. The van der Waals surface area contributed by atoms with Crippen LogP contribution in [-0.2, 0) is 0 Å². The molecule has 0 saturated carbocycles. The Morgan fingerprint density at radius 1 is 0.719 bits per heavy atom. The van der Waals surface area contributed by atoms with Crippen LogP contribution < -0.4 is 15.2 Å². The Kier molecular flexibility index (Phi) is 6.63. The van der Waals surface area contributed by atoms with Crippen LogP contribution in [0.2, 0.25) is 0 Å². The molecule has 0 amide bonds. The minimum Gasteiger partial charge on any atom is -0.496 e. The second-order valence-corrected chi connectivity index (χ2v) is 7.14. The molecule has 2 N–H and O–H groups in total. The van der Waals surface area contributed by atoms with Crippen LogP contribution in [0.3, 0.4) is 0 Å². The Bertz CT molecular complexity index is 1230. The fourth-order valence-corrected chi connectivity index (χ4v) is 3.29. The molecule has 4 aromatic carbocycles. The van der Waals surface area contributed by atoms with Gasteiger partial charge in [0, 0.05) is 23.0 Å². The Balaban J connectivity index is 1.71. The zero-order valence-electron chi connectivity index (χ0n) is 17.8. The van der Waals surface area contributed by atoms with Crippen molar-refractivity contribution in [2.75, 3.05) is 12.8 Å². The molecule has 0 saturated heterocycles. The summed E-state index contributed by atoms with van der Waals surface area (Å²) < 4.78 is 11.6. The second-order valence-electron chi connectivity index (χ2n) is 7.14. The molecule has 4 rings (SSSR count). The lowest BCUT2D eigenvalue weighted by molar-refractivity contribution is 0.416. The maximum Gasteiger partial charge on any atom is 0.134 e. The van der Waals surface area contributed by atoms with Gasteiger partial charge in [-0.1, -0.05) is 60.7 Å². The molecule has 0 aliphatic rings. The summed E-state index contributed by atoms with van der Waals surface area (Å²) in [6.07, 6.45) is 5.44. The summed E-state index contributed by atoms with van der Waals surface area (Å²) in [5.41, 5.74) is 11.3. The number of rotatable bonds is 7. The molecule has 0 radical (unpaired) electrons. The number of benzene rings is 4. The number of hydrogen-bond donors (Lipinski definition) is 1. The van der Waals surface area contributed by atoms with Crippen LogP contribution in [-0.4, -0.2) is 13.3 Å². The molecule has 0 aliphatic heterocycles. The maximum absolute atomic E-state index is 6.08. The van der Waals surface area contributed by atoms with E-state index in [1.165, 1.54) is 0 Å². The molecule has 32 heavy (non-hydrogen) atoms. The Morgan fingerprint density at radius 2 is 1.38 bits per heavy atom. The highest BCUT2D eigenvalue weighted by Crippen LogP contribution is 2.40. The summed E-state index contributed by atoms with van der Waals surface area (Å²) in [6, 6.07) is 31.3. The van der Waals surface area contributed by atoms with Gasteiger partial charge in [-0.15, -0.1) is 0 Å². The minimum absolute atomic E-state index is 0.643. The van der Waals surface area contributed by atoms with E-state index in [1.54, 1.807) is 13.4 Å². The normalized spacial score (nSPS) is 11.2. The third kappa shape index (κ3) is 5.24. The predicted octanol–water partition coefficient (Wildman–Crippen LogP) is 6.74. The molecule has 0 heterocycles. The van der Waals surface area contributed by atoms with E-state index in [9.17, 15) is 0 Å².